The highest BCUT2D eigenvalue weighted by molar-refractivity contribution is 7.82. The van der Waals surface area contributed by atoms with Gasteiger partial charge >= 0.3 is 6.03 Å². The van der Waals surface area contributed by atoms with Crippen LogP contribution in [0, 0.1) is 0 Å². The summed E-state index contributed by atoms with van der Waals surface area (Å²) in [5.41, 5.74) is 8.13. The van der Waals surface area contributed by atoms with E-state index in [9.17, 15) is 4.79 Å². The Kier molecular flexibility index (Phi) is 5.51. The van der Waals surface area contributed by atoms with Crippen molar-refractivity contribution >= 4 is 30.2 Å². The van der Waals surface area contributed by atoms with Gasteiger partial charge in [0.25, 0.3) is 0 Å². The van der Waals surface area contributed by atoms with E-state index < -0.39 is 6.03 Å². The first-order valence-electron chi connectivity index (χ1n) is 6.83. The van der Waals surface area contributed by atoms with Crippen LogP contribution in [0.3, 0.4) is 0 Å². The third kappa shape index (κ3) is 4.72. The number of urea groups is 1. The fourth-order valence-electron chi connectivity index (χ4n) is 2.04. The normalized spacial score (nSPS) is 10.1. The molecule has 0 fully saturated rings. The number of nitrogens with one attached hydrogen (secondary N) is 1. The molecule has 2 amide bonds. The standard InChI is InChI=1S/C16H19N3OS/c17-16(20)19(21)15-10-4-9-14(12-15)18-11-5-8-13-6-2-1-3-7-13/h1-4,6-7,9-10,12,18,21H,5,8,11H2,(H2,17,20). The summed E-state index contributed by atoms with van der Waals surface area (Å²) in [6.45, 7) is 0.863. The van der Waals surface area contributed by atoms with Crippen LogP contribution >= 0.6 is 12.8 Å². The van der Waals surface area contributed by atoms with Crippen molar-refractivity contribution in [3.05, 3.63) is 60.2 Å². The van der Waals surface area contributed by atoms with Crippen LogP contribution in [-0.2, 0) is 6.42 Å². The monoisotopic (exact) mass is 301 g/mol. The molecule has 2 rings (SSSR count). The lowest BCUT2D eigenvalue weighted by Gasteiger charge is -2.14. The number of hydrogen-bond acceptors (Lipinski definition) is 3. The number of anilines is 2. The van der Waals surface area contributed by atoms with Crippen molar-refractivity contribution in [2.75, 3.05) is 16.2 Å². The van der Waals surface area contributed by atoms with Gasteiger partial charge in [0.05, 0.1) is 5.69 Å². The molecule has 2 aromatic carbocycles. The zero-order valence-corrected chi connectivity index (χ0v) is 12.6. The molecule has 2 aromatic rings. The van der Waals surface area contributed by atoms with Crippen LogP contribution in [0.1, 0.15) is 12.0 Å². The number of benzene rings is 2. The van der Waals surface area contributed by atoms with E-state index in [-0.39, 0.29) is 0 Å². The van der Waals surface area contributed by atoms with Gasteiger partial charge in [-0.15, -0.1) is 0 Å². The van der Waals surface area contributed by atoms with Crippen molar-refractivity contribution in [3.8, 4) is 0 Å². The Morgan fingerprint density at radius 3 is 2.62 bits per heavy atom. The first-order valence-corrected chi connectivity index (χ1v) is 7.23. The van der Waals surface area contributed by atoms with E-state index in [2.05, 4.69) is 42.4 Å². The molecular weight excluding hydrogens is 282 g/mol. The Morgan fingerprint density at radius 2 is 1.90 bits per heavy atom. The number of aryl methyl sites for hydroxylation is 1. The average Bonchev–Trinajstić information content (AvgIpc) is 2.52. The van der Waals surface area contributed by atoms with Crippen LogP contribution in [0.5, 0.6) is 0 Å². The minimum Gasteiger partial charge on any atom is -0.385 e. The number of hydrogen-bond donors (Lipinski definition) is 3. The second kappa shape index (κ2) is 7.59. The third-order valence-corrected chi connectivity index (χ3v) is 3.54. The Morgan fingerprint density at radius 1 is 1.14 bits per heavy atom. The number of carbonyl (C=O) groups is 1. The highest BCUT2D eigenvalue weighted by Crippen LogP contribution is 2.20. The van der Waals surface area contributed by atoms with Gasteiger partial charge in [-0.2, -0.15) is 0 Å². The molecule has 3 N–H and O–H groups in total. The van der Waals surface area contributed by atoms with Gasteiger partial charge in [0.2, 0.25) is 0 Å². The van der Waals surface area contributed by atoms with Gasteiger partial charge in [0, 0.05) is 12.2 Å². The fourth-order valence-corrected chi connectivity index (χ4v) is 2.17. The first kappa shape index (κ1) is 15.3. The summed E-state index contributed by atoms with van der Waals surface area (Å²) in [7, 11) is 0. The summed E-state index contributed by atoms with van der Waals surface area (Å²) in [4.78, 5) is 11.1. The zero-order chi connectivity index (χ0) is 15.1. The summed E-state index contributed by atoms with van der Waals surface area (Å²) in [6, 6.07) is 17.2. The minimum absolute atomic E-state index is 0.598. The molecule has 0 saturated heterocycles. The van der Waals surface area contributed by atoms with Crippen LogP contribution < -0.4 is 15.4 Å². The smallest absolute Gasteiger partial charge is 0.329 e. The summed E-state index contributed by atoms with van der Waals surface area (Å²) in [5.74, 6) is 0. The average molecular weight is 301 g/mol. The van der Waals surface area contributed by atoms with Gasteiger partial charge in [0.1, 0.15) is 0 Å². The lowest BCUT2D eigenvalue weighted by Crippen LogP contribution is -2.27. The van der Waals surface area contributed by atoms with Gasteiger partial charge in [-0.1, -0.05) is 49.2 Å². The molecular formula is C16H19N3OS. The van der Waals surface area contributed by atoms with Gasteiger partial charge in [-0.3, -0.25) is 0 Å². The highest BCUT2D eigenvalue weighted by atomic mass is 32.1. The zero-order valence-electron chi connectivity index (χ0n) is 11.7. The van der Waals surface area contributed by atoms with Gasteiger partial charge in [-0.05, 0) is 36.6 Å². The van der Waals surface area contributed by atoms with Crippen LogP contribution in [0.15, 0.2) is 54.6 Å². The van der Waals surface area contributed by atoms with Crippen molar-refractivity contribution in [3.63, 3.8) is 0 Å². The van der Waals surface area contributed by atoms with Crippen LogP contribution in [0.25, 0.3) is 0 Å². The number of thiol groups is 1. The summed E-state index contributed by atoms with van der Waals surface area (Å²) >= 11 is 4.05. The lowest BCUT2D eigenvalue weighted by atomic mass is 10.1. The Bertz CT molecular complexity index is 589. The lowest BCUT2D eigenvalue weighted by molar-refractivity contribution is 0.257. The van der Waals surface area contributed by atoms with Crippen molar-refractivity contribution < 1.29 is 4.79 Å². The Labute approximate surface area is 130 Å². The molecule has 21 heavy (non-hydrogen) atoms. The number of nitrogens with zero attached hydrogens (tertiary/aromatic N) is 1. The molecule has 5 heteroatoms. The molecule has 0 atom stereocenters. The molecule has 0 aliphatic heterocycles. The quantitative estimate of drug-likeness (QED) is 0.565. The second-order valence-corrected chi connectivity index (χ2v) is 5.12. The van der Waals surface area contributed by atoms with Gasteiger partial charge < -0.3 is 11.1 Å². The van der Waals surface area contributed by atoms with E-state index in [0.29, 0.717) is 5.69 Å². The van der Waals surface area contributed by atoms with Crippen molar-refractivity contribution in [1.29, 1.82) is 0 Å². The predicted molar refractivity (Wildman–Crippen MR) is 90.7 cm³/mol. The van der Waals surface area contributed by atoms with Crippen LogP contribution in [0.2, 0.25) is 0 Å². The predicted octanol–water partition coefficient (Wildman–Crippen LogP) is 3.46. The third-order valence-electron chi connectivity index (χ3n) is 3.11. The molecule has 0 spiro atoms. The van der Waals surface area contributed by atoms with Gasteiger partial charge in [-0.25, -0.2) is 9.10 Å². The molecule has 0 heterocycles. The van der Waals surface area contributed by atoms with E-state index >= 15 is 0 Å². The van der Waals surface area contributed by atoms with Crippen LogP contribution in [0.4, 0.5) is 16.2 Å². The molecule has 4 nitrogen and oxygen atoms in total. The van der Waals surface area contributed by atoms with E-state index in [1.54, 1.807) is 6.07 Å². The van der Waals surface area contributed by atoms with Crippen molar-refractivity contribution in [1.82, 2.24) is 0 Å². The Hall–Kier alpha value is -2.14. The largest absolute Gasteiger partial charge is 0.385 e. The van der Waals surface area contributed by atoms with Crippen molar-refractivity contribution in [2.24, 2.45) is 5.73 Å². The number of primary amides is 1. The maximum atomic E-state index is 11.1. The first-order chi connectivity index (χ1) is 10.2. The van der Waals surface area contributed by atoms with E-state index in [4.69, 9.17) is 5.73 Å². The van der Waals surface area contributed by atoms with Gasteiger partial charge in [0.15, 0.2) is 0 Å². The second-order valence-electron chi connectivity index (χ2n) is 4.72. The molecule has 0 saturated carbocycles. The molecule has 0 aliphatic rings. The molecule has 0 bridgehead atoms. The molecule has 0 radical (unpaired) electrons. The SMILES string of the molecule is NC(=O)N(S)c1cccc(NCCCc2ccccc2)c1. The summed E-state index contributed by atoms with van der Waals surface area (Å²) < 4.78 is 1.12. The van der Waals surface area contributed by atoms with E-state index in [0.717, 1.165) is 29.4 Å². The molecule has 0 aliphatic carbocycles. The number of rotatable bonds is 6. The van der Waals surface area contributed by atoms with Crippen molar-refractivity contribution in [2.45, 2.75) is 12.8 Å². The van der Waals surface area contributed by atoms with Crippen LogP contribution in [-0.4, -0.2) is 12.6 Å². The Balaban J connectivity index is 1.83. The topological polar surface area (TPSA) is 58.4 Å². The van der Waals surface area contributed by atoms with E-state index in [1.165, 1.54) is 5.56 Å². The fraction of sp³-hybridized carbons (Fsp3) is 0.188. The maximum absolute atomic E-state index is 11.1. The maximum Gasteiger partial charge on any atom is 0.329 e. The summed E-state index contributed by atoms with van der Waals surface area (Å²) in [5, 5.41) is 3.34. The van der Waals surface area contributed by atoms with E-state index in [1.807, 2.05) is 24.3 Å². The summed E-state index contributed by atoms with van der Waals surface area (Å²) in [6.07, 6.45) is 2.07. The molecule has 0 aromatic heterocycles. The molecule has 110 valence electrons. The highest BCUT2D eigenvalue weighted by Gasteiger charge is 2.07. The number of carbonyl (C=O) groups excluding carboxylic acids is 1. The molecule has 0 unspecified atom stereocenters. The number of nitrogens with two attached hydrogens (primary N) is 1. The minimum atomic E-state index is -0.598. The number of amides is 2.